The van der Waals surface area contributed by atoms with Crippen LogP contribution < -0.4 is 5.32 Å². The first kappa shape index (κ1) is 21.7. The Labute approximate surface area is 192 Å². The SMILES string of the molecule is C[C@@H](NC(=O)N1CCC1OC(c1ccccc1Cl)c1ccccc1Cl)c1ccccc1. The molecule has 0 bridgehead atoms. The second kappa shape index (κ2) is 9.73. The molecule has 0 aliphatic carbocycles. The second-order valence-electron chi connectivity index (χ2n) is 7.58. The van der Waals surface area contributed by atoms with Crippen molar-refractivity contribution in [2.45, 2.75) is 31.7 Å². The van der Waals surface area contributed by atoms with E-state index in [9.17, 15) is 4.79 Å². The van der Waals surface area contributed by atoms with Crippen LogP contribution in [0, 0.1) is 0 Å². The second-order valence-corrected chi connectivity index (χ2v) is 8.39. The molecule has 6 heteroatoms. The molecule has 3 aromatic carbocycles. The normalized spacial score (nSPS) is 16.6. The molecule has 1 N–H and O–H groups in total. The van der Waals surface area contributed by atoms with E-state index in [1.165, 1.54) is 0 Å². The fraction of sp³-hybridized carbons (Fsp3) is 0.240. The van der Waals surface area contributed by atoms with E-state index in [0.29, 0.717) is 16.6 Å². The minimum atomic E-state index is -0.477. The summed E-state index contributed by atoms with van der Waals surface area (Å²) in [7, 11) is 0. The molecule has 1 saturated heterocycles. The molecular weight excluding hydrogens is 431 g/mol. The lowest BCUT2D eigenvalue weighted by Gasteiger charge is -2.42. The van der Waals surface area contributed by atoms with Gasteiger partial charge < -0.3 is 10.1 Å². The lowest BCUT2D eigenvalue weighted by Crippen LogP contribution is -2.56. The van der Waals surface area contributed by atoms with Crippen LogP contribution in [0.1, 0.15) is 42.2 Å². The average Bonchev–Trinajstić information content (AvgIpc) is 2.75. The van der Waals surface area contributed by atoms with E-state index in [4.69, 9.17) is 27.9 Å². The Morgan fingerprint density at radius 1 is 0.935 bits per heavy atom. The van der Waals surface area contributed by atoms with Crippen LogP contribution in [0.2, 0.25) is 10.0 Å². The summed E-state index contributed by atoms with van der Waals surface area (Å²) in [5, 5.41) is 4.25. The highest BCUT2D eigenvalue weighted by atomic mass is 35.5. The maximum atomic E-state index is 12.9. The highest BCUT2D eigenvalue weighted by molar-refractivity contribution is 6.32. The minimum Gasteiger partial charge on any atom is -0.345 e. The van der Waals surface area contributed by atoms with E-state index in [1.807, 2.05) is 85.8 Å². The third-order valence-corrected chi connectivity index (χ3v) is 6.22. The van der Waals surface area contributed by atoms with E-state index in [1.54, 1.807) is 4.90 Å². The van der Waals surface area contributed by atoms with Gasteiger partial charge in [-0.25, -0.2) is 4.79 Å². The average molecular weight is 455 g/mol. The van der Waals surface area contributed by atoms with Crippen LogP contribution in [0.4, 0.5) is 4.79 Å². The van der Waals surface area contributed by atoms with E-state index >= 15 is 0 Å². The number of benzene rings is 3. The molecular formula is C25H24Cl2N2O2. The maximum absolute atomic E-state index is 12.9. The Hall–Kier alpha value is -2.53. The van der Waals surface area contributed by atoms with Gasteiger partial charge in [0, 0.05) is 34.1 Å². The number of nitrogens with zero attached hydrogens (tertiary/aromatic N) is 1. The lowest BCUT2D eigenvalue weighted by molar-refractivity contribution is -0.120. The van der Waals surface area contributed by atoms with E-state index in [0.717, 1.165) is 23.1 Å². The molecule has 1 unspecified atom stereocenters. The van der Waals surface area contributed by atoms with Crippen LogP contribution in [-0.4, -0.2) is 23.7 Å². The minimum absolute atomic E-state index is 0.0992. The summed E-state index contributed by atoms with van der Waals surface area (Å²) >= 11 is 13.0. The van der Waals surface area contributed by atoms with E-state index in [2.05, 4.69) is 5.32 Å². The lowest BCUT2D eigenvalue weighted by atomic mass is 10.0. The molecule has 0 radical (unpaired) electrons. The fourth-order valence-corrected chi connectivity index (χ4v) is 4.15. The Kier molecular flexibility index (Phi) is 6.81. The van der Waals surface area contributed by atoms with Gasteiger partial charge in [0.1, 0.15) is 12.3 Å². The number of likely N-dealkylation sites (tertiary alicyclic amines) is 1. The molecule has 4 nitrogen and oxygen atoms in total. The van der Waals surface area contributed by atoms with Gasteiger partial charge in [-0.15, -0.1) is 0 Å². The predicted octanol–water partition coefficient (Wildman–Crippen LogP) is 6.60. The van der Waals surface area contributed by atoms with Gasteiger partial charge in [0.15, 0.2) is 0 Å². The summed E-state index contributed by atoms with van der Waals surface area (Å²) in [6.45, 7) is 2.61. The first-order chi connectivity index (χ1) is 15.0. The van der Waals surface area contributed by atoms with Crippen molar-refractivity contribution < 1.29 is 9.53 Å². The molecule has 3 aromatic rings. The number of carbonyl (C=O) groups excluding carboxylic acids is 1. The van der Waals surface area contributed by atoms with Gasteiger partial charge in [-0.1, -0.05) is 89.9 Å². The third-order valence-electron chi connectivity index (χ3n) is 5.53. The van der Waals surface area contributed by atoms with Crippen LogP contribution >= 0.6 is 23.2 Å². The smallest absolute Gasteiger partial charge is 0.319 e. The standard InChI is InChI=1S/C25H24Cl2N2O2/c1-17(18-9-3-2-4-10-18)28-25(30)29-16-15-23(29)31-24(19-11-5-7-13-21(19)26)20-12-6-8-14-22(20)27/h2-14,17,23-24H,15-16H2,1H3,(H,28,30)/t17-,23?/m1/s1. The van der Waals surface area contributed by atoms with Gasteiger partial charge in [0.25, 0.3) is 0 Å². The Bertz CT molecular complexity index is 999. The molecule has 2 amide bonds. The van der Waals surface area contributed by atoms with Gasteiger partial charge in [-0.05, 0) is 24.6 Å². The molecule has 4 rings (SSSR count). The zero-order valence-electron chi connectivity index (χ0n) is 17.2. The third kappa shape index (κ3) is 4.87. The topological polar surface area (TPSA) is 41.6 Å². The summed E-state index contributed by atoms with van der Waals surface area (Å²) in [6.07, 6.45) is -0.0893. The van der Waals surface area contributed by atoms with Crippen molar-refractivity contribution in [1.82, 2.24) is 10.2 Å². The van der Waals surface area contributed by atoms with Crippen LogP contribution in [-0.2, 0) is 4.74 Å². The maximum Gasteiger partial charge on any atom is 0.319 e. The van der Waals surface area contributed by atoms with Crippen LogP contribution in [0.5, 0.6) is 0 Å². The van der Waals surface area contributed by atoms with Gasteiger partial charge in [-0.2, -0.15) is 0 Å². The van der Waals surface area contributed by atoms with Gasteiger partial charge in [0.2, 0.25) is 0 Å². The number of hydrogen-bond acceptors (Lipinski definition) is 2. The number of rotatable bonds is 6. The van der Waals surface area contributed by atoms with E-state index in [-0.39, 0.29) is 18.3 Å². The number of carbonyl (C=O) groups is 1. The highest BCUT2D eigenvalue weighted by Gasteiger charge is 2.37. The number of urea groups is 1. The first-order valence-electron chi connectivity index (χ1n) is 10.3. The number of nitrogens with one attached hydrogen (secondary N) is 1. The zero-order valence-corrected chi connectivity index (χ0v) is 18.7. The van der Waals surface area contributed by atoms with Crippen molar-refractivity contribution in [3.8, 4) is 0 Å². The number of ether oxygens (including phenoxy) is 1. The zero-order chi connectivity index (χ0) is 21.8. The first-order valence-corrected chi connectivity index (χ1v) is 11.1. The Morgan fingerprint density at radius 2 is 1.48 bits per heavy atom. The highest BCUT2D eigenvalue weighted by Crippen LogP contribution is 2.38. The quantitative estimate of drug-likeness (QED) is 0.455. The van der Waals surface area contributed by atoms with Crippen molar-refractivity contribution in [2.75, 3.05) is 6.54 Å². The monoisotopic (exact) mass is 454 g/mol. The largest absolute Gasteiger partial charge is 0.345 e. The molecule has 31 heavy (non-hydrogen) atoms. The van der Waals surface area contributed by atoms with Crippen LogP contribution in [0.15, 0.2) is 78.9 Å². The van der Waals surface area contributed by atoms with Crippen molar-refractivity contribution in [3.05, 3.63) is 106 Å². The van der Waals surface area contributed by atoms with E-state index < -0.39 is 6.10 Å². The molecule has 160 valence electrons. The summed E-state index contributed by atoms with van der Waals surface area (Å²) in [4.78, 5) is 14.6. The molecule has 1 heterocycles. The molecule has 1 aliphatic rings. The number of hydrogen-bond donors (Lipinski definition) is 1. The number of amides is 2. The summed E-state index contributed by atoms with van der Waals surface area (Å²) < 4.78 is 6.44. The predicted molar refractivity (Wildman–Crippen MR) is 124 cm³/mol. The van der Waals surface area contributed by atoms with Crippen molar-refractivity contribution in [3.63, 3.8) is 0 Å². The van der Waals surface area contributed by atoms with Crippen molar-refractivity contribution >= 4 is 29.2 Å². The van der Waals surface area contributed by atoms with Gasteiger partial charge >= 0.3 is 6.03 Å². The molecule has 2 atom stereocenters. The van der Waals surface area contributed by atoms with Crippen LogP contribution in [0.25, 0.3) is 0 Å². The molecule has 0 saturated carbocycles. The van der Waals surface area contributed by atoms with Crippen molar-refractivity contribution in [1.29, 1.82) is 0 Å². The van der Waals surface area contributed by atoms with Crippen LogP contribution in [0.3, 0.4) is 0 Å². The van der Waals surface area contributed by atoms with Crippen molar-refractivity contribution in [2.24, 2.45) is 0 Å². The molecule has 0 spiro atoms. The Morgan fingerprint density at radius 3 is 2.00 bits per heavy atom. The van der Waals surface area contributed by atoms with Gasteiger partial charge in [-0.3, -0.25) is 4.90 Å². The molecule has 0 aromatic heterocycles. The summed E-state index contributed by atoms with van der Waals surface area (Å²) in [6, 6.07) is 24.7. The summed E-state index contributed by atoms with van der Waals surface area (Å²) in [5.74, 6) is 0. The molecule has 1 aliphatic heterocycles. The Balaban J connectivity index is 1.52. The molecule has 1 fully saturated rings. The fourth-order valence-electron chi connectivity index (χ4n) is 3.68. The van der Waals surface area contributed by atoms with Gasteiger partial charge in [0.05, 0.1) is 6.04 Å². The number of halogens is 2. The summed E-state index contributed by atoms with van der Waals surface area (Å²) in [5.41, 5.74) is 2.70.